The number of imide groups is 1. The Kier molecular flexibility index (Phi) is 5.59. The van der Waals surface area contributed by atoms with E-state index in [0.717, 1.165) is 56.9 Å². The maximum absolute atomic E-state index is 13.4. The molecule has 0 radical (unpaired) electrons. The van der Waals surface area contributed by atoms with E-state index in [0.29, 0.717) is 6.42 Å². The van der Waals surface area contributed by atoms with E-state index < -0.39 is 5.54 Å². The monoisotopic (exact) mass is 434 g/mol. The summed E-state index contributed by atoms with van der Waals surface area (Å²) in [5.41, 5.74) is 2.53. The highest BCUT2D eigenvalue weighted by Crippen LogP contribution is 2.37. The molecule has 1 N–H and O–H groups in total. The van der Waals surface area contributed by atoms with Gasteiger partial charge in [-0.05, 0) is 67.6 Å². The molecule has 3 amide bonds. The molecule has 0 saturated carbocycles. The van der Waals surface area contributed by atoms with Gasteiger partial charge in [0.2, 0.25) is 0 Å². The predicted octanol–water partition coefficient (Wildman–Crippen LogP) is 3.13. The van der Waals surface area contributed by atoms with E-state index in [4.69, 9.17) is 4.74 Å². The Hall–Kier alpha value is -2.93. The fraction of sp³-hybridized carbons (Fsp3) is 0.480. The number of fused-ring (bicyclic) bond motifs is 1. The Labute approximate surface area is 188 Å². The number of ether oxygens (including phenoxy) is 1. The van der Waals surface area contributed by atoms with E-state index in [-0.39, 0.29) is 24.4 Å². The number of pyridine rings is 1. The molecule has 7 heteroatoms. The number of carbonyl (C=O) groups excluding carboxylic acids is 2. The molecular weight excluding hydrogens is 404 g/mol. The molecule has 1 aromatic heterocycles. The molecule has 1 atom stereocenters. The summed E-state index contributed by atoms with van der Waals surface area (Å²) >= 11 is 0. The summed E-state index contributed by atoms with van der Waals surface area (Å²) in [6, 6.07) is 11.7. The Bertz CT molecular complexity index is 1000. The van der Waals surface area contributed by atoms with Crippen LogP contribution in [0.2, 0.25) is 0 Å². The van der Waals surface area contributed by atoms with E-state index in [9.17, 15) is 9.59 Å². The Morgan fingerprint density at radius 1 is 1.16 bits per heavy atom. The molecule has 4 heterocycles. The van der Waals surface area contributed by atoms with Gasteiger partial charge in [0.1, 0.15) is 11.3 Å². The van der Waals surface area contributed by atoms with E-state index in [1.54, 1.807) is 6.20 Å². The lowest BCUT2D eigenvalue weighted by Crippen LogP contribution is -2.55. The summed E-state index contributed by atoms with van der Waals surface area (Å²) in [4.78, 5) is 34.3. The summed E-state index contributed by atoms with van der Waals surface area (Å²) in [7, 11) is 0. The first-order valence-electron chi connectivity index (χ1n) is 11.6. The molecule has 7 nitrogen and oxygen atoms in total. The molecule has 32 heavy (non-hydrogen) atoms. The Morgan fingerprint density at radius 2 is 2.00 bits per heavy atom. The van der Waals surface area contributed by atoms with Gasteiger partial charge in [0.15, 0.2) is 0 Å². The van der Waals surface area contributed by atoms with Gasteiger partial charge in [0.25, 0.3) is 5.91 Å². The molecular formula is C25H30N4O3. The molecule has 0 aliphatic carbocycles. The Morgan fingerprint density at radius 3 is 2.75 bits per heavy atom. The molecule has 3 aliphatic rings. The lowest BCUT2D eigenvalue weighted by Gasteiger charge is -2.40. The van der Waals surface area contributed by atoms with Crippen molar-refractivity contribution in [2.24, 2.45) is 5.92 Å². The molecule has 1 unspecified atom stereocenters. The average Bonchev–Trinajstić information content (AvgIpc) is 3.38. The molecule has 5 rings (SSSR count). The second kappa shape index (κ2) is 8.54. The van der Waals surface area contributed by atoms with Crippen molar-refractivity contribution < 1.29 is 14.3 Å². The molecule has 1 aromatic carbocycles. The number of hydrogen-bond acceptors (Lipinski definition) is 5. The van der Waals surface area contributed by atoms with Gasteiger partial charge in [-0.1, -0.05) is 25.1 Å². The van der Waals surface area contributed by atoms with Gasteiger partial charge in [0.05, 0.1) is 18.8 Å². The number of carbonyl (C=O) groups is 2. The summed E-state index contributed by atoms with van der Waals surface area (Å²) in [6.45, 7) is 5.74. The number of hydrogen-bond donors (Lipinski definition) is 1. The second-order valence-corrected chi connectivity index (χ2v) is 9.06. The number of urea groups is 1. The van der Waals surface area contributed by atoms with Gasteiger partial charge >= 0.3 is 6.03 Å². The van der Waals surface area contributed by atoms with Crippen LogP contribution in [0.3, 0.4) is 0 Å². The standard InChI is InChI=1S/C25H30N4O3/c1-2-25(23(30)29(24(31)27-25)17-21-5-3-4-11-26-21)20-8-12-28(13-9-20)16-18-6-7-22-19(15-18)10-14-32-22/h3-7,11,15,20H,2,8-10,12-14,16-17H2,1H3,(H,27,31). The van der Waals surface area contributed by atoms with Crippen LogP contribution in [0.25, 0.3) is 0 Å². The zero-order valence-corrected chi connectivity index (χ0v) is 18.5. The van der Waals surface area contributed by atoms with Crippen molar-refractivity contribution in [1.82, 2.24) is 20.1 Å². The third-order valence-electron chi connectivity index (χ3n) is 7.25. The molecule has 2 fully saturated rings. The van der Waals surface area contributed by atoms with Crippen molar-refractivity contribution >= 4 is 11.9 Å². The first-order chi connectivity index (χ1) is 15.6. The van der Waals surface area contributed by atoms with E-state index in [1.807, 2.05) is 25.1 Å². The SMILES string of the molecule is CCC1(C2CCN(Cc3ccc4c(c3)CCO4)CC2)NC(=O)N(Cc2ccccn2)C1=O. The number of nitrogens with zero attached hydrogens (tertiary/aromatic N) is 3. The first kappa shape index (κ1) is 20.9. The lowest BCUT2D eigenvalue weighted by atomic mass is 9.75. The van der Waals surface area contributed by atoms with Gasteiger partial charge in [-0.3, -0.25) is 19.6 Å². The molecule has 168 valence electrons. The number of aromatic nitrogens is 1. The van der Waals surface area contributed by atoms with Crippen molar-refractivity contribution in [3.05, 3.63) is 59.4 Å². The fourth-order valence-electron chi connectivity index (χ4n) is 5.43. The first-order valence-corrected chi connectivity index (χ1v) is 11.6. The molecule has 2 saturated heterocycles. The third kappa shape index (κ3) is 3.75. The number of nitrogens with one attached hydrogen (secondary N) is 1. The molecule has 3 aliphatic heterocycles. The van der Waals surface area contributed by atoms with Crippen LogP contribution < -0.4 is 10.1 Å². The Balaban J connectivity index is 1.23. The van der Waals surface area contributed by atoms with Crippen LogP contribution in [0.15, 0.2) is 42.6 Å². The fourth-order valence-corrected chi connectivity index (χ4v) is 5.43. The quantitative estimate of drug-likeness (QED) is 0.707. The van der Waals surface area contributed by atoms with Gasteiger partial charge in [-0.15, -0.1) is 0 Å². The number of likely N-dealkylation sites (tertiary alicyclic amines) is 1. The van der Waals surface area contributed by atoms with Crippen LogP contribution in [0.5, 0.6) is 5.75 Å². The van der Waals surface area contributed by atoms with Crippen molar-refractivity contribution in [2.75, 3.05) is 19.7 Å². The number of rotatable bonds is 6. The topological polar surface area (TPSA) is 74.8 Å². The lowest BCUT2D eigenvalue weighted by molar-refractivity contribution is -0.134. The van der Waals surface area contributed by atoms with E-state index >= 15 is 0 Å². The minimum atomic E-state index is -0.803. The van der Waals surface area contributed by atoms with Crippen molar-refractivity contribution in [3.8, 4) is 5.75 Å². The average molecular weight is 435 g/mol. The van der Waals surface area contributed by atoms with Crippen molar-refractivity contribution in [2.45, 2.75) is 51.2 Å². The highest BCUT2D eigenvalue weighted by atomic mass is 16.5. The van der Waals surface area contributed by atoms with Crippen LogP contribution >= 0.6 is 0 Å². The third-order valence-corrected chi connectivity index (χ3v) is 7.25. The minimum Gasteiger partial charge on any atom is -0.493 e. The maximum Gasteiger partial charge on any atom is 0.325 e. The highest BCUT2D eigenvalue weighted by Gasteiger charge is 2.54. The second-order valence-electron chi connectivity index (χ2n) is 9.06. The van der Waals surface area contributed by atoms with Crippen molar-refractivity contribution in [3.63, 3.8) is 0 Å². The number of benzene rings is 1. The molecule has 0 bridgehead atoms. The largest absolute Gasteiger partial charge is 0.493 e. The minimum absolute atomic E-state index is 0.104. The van der Waals surface area contributed by atoms with Crippen LogP contribution in [0.1, 0.15) is 43.0 Å². The zero-order chi connectivity index (χ0) is 22.1. The zero-order valence-electron chi connectivity index (χ0n) is 18.5. The van der Waals surface area contributed by atoms with Crippen LogP contribution in [-0.2, 0) is 24.3 Å². The van der Waals surface area contributed by atoms with E-state index in [1.165, 1.54) is 16.0 Å². The van der Waals surface area contributed by atoms with Crippen LogP contribution in [0, 0.1) is 5.92 Å². The number of amides is 3. The smallest absolute Gasteiger partial charge is 0.325 e. The summed E-state index contributed by atoms with van der Waals surface area (Å²) < 4.78 is 5.61. The summed E-state index contributed by atoms with van der Waals surface area (Å²) in [6.07, 6.45) is 5.06. The molecule has 0 spiro atoms. The van der Waals surface area contributed by atoms with Gasteiger partial charge in [-0.25, -0.2) is 4.79 Å². The van der Waals surface area contributed by atoms with Gasteiger partial charge < -0.3 is 10.1 Å². The van der Waals surface area contributed by atoms with Crippen LogP contribution in [-0.4, -0.2) is 52.0 Å². The highest BCUT2D eigenvalue weighted by molar-refractivity contribution is 6.07. The maximum atomic E-state index is 13.4. The normalized spacial score (nSPS) is 23.8. The van der Waals surface area contributed by atoms with Crippen molar-refractivity contribution in [1.29, 1.82) is 0 Å². The predicted molar refractivity (Wildman–Crippen MR) is 120 cm³/mol. The van der Waals surface area contributed by atoms with Gasteiger partial charge in [-0.2, -0.15) is 0 Å². The summed E-state index contributed by atoms with van der Waals surface area (Å²) in [5.74, 6) is 1.05. The van der Waals surface area contributed by atoms with E-state index in [2.05, 4.69) is 33.4 Å². The molecule has 2 aromatic rings. The van der Waals surface area contributed by atoms with Gasteiger partial charge in [0, 0.05) is 19.2 Å². The summed E-state index contributed by atoms with van der Waals surface area (Å²) in [5, 5.41) is 3.08. The van der Waals surface area contributed by atoms with Crippen LogP contribution in [0.4, 0.5) is 4.79 Å². The number of piperidine rings is 1.